The second-order valence-electron chi connectivity index (χ2n) is 2.78. The van der Waals surface area contributed by atoms with Gasteiger partial charge in [0.05, 0.1) is 19.3 Å². The highest BCUT2D eigenvalue weighted by atomic mass is 16.5. The van der Waals surface area contributed by atoms with E-state index in [9.17, 15) is 0 Å². The normalized spacial score (nSPS) is 52.9. The van der Waals surface area contributed by atoms with E-state index in [4.69, 9.17) is 9.84 Å². The summed E-state index contributed by atoms with van der Waals surface area (Å²) >= 11 is 0. The van der Waals surface area contributed by atoms with Crippen molar-refractivity contribution in [2.45, 2.75) is 12.5 Å². The Morgan fingerprint density at radius 3 is 2.12 bits per heavy atom. The lowest BCUT2D eigenvalue weighted by Gasteiger charge is -2.45. The highest BCUT2D eigenvalue weighted by Crippen LogP contribution is 2.38. The molecule has 0 aromatic rings. The second kappa shape index (κ2) is 1.45. The van der Waals surface area contributed by atoms with Crippen molar-refractivity contribution in [3.8, 4) is 0 Å². The first kappa shape index (κ1) is 4.77. The molecule has 2 atom stereocenters. The maximum atomic E-state index is 9.15. The molecule has 1 aliphatic carbocycles. The molecule has 2 heteroatoms. The highest BCUT2D eigenvalue weighted by Gasteiger charge is 2.43. The van der Waals surface area contributed by atoms with Gasteiger partial charge in [0, 0.05) is 11.8 Å². The Morgan fingerprint density at radius 2 is 1.88 bits per heavy atom. The number of rotatable bonds is 0. The van der Waals surface area contributed by atoms with Crippen LogP contribution in [0.25, 0.3) is 0 Å². The Morgan fingerprint density at radius 1 is 1.25 bits per heavy atom. The number of aliphatic hydroxyl groups is 1. The van der Waals surface area contributed by atoms with E-state index >= 15 is 0 Å². The monoisotopic (exact) mass is 114 g/mol. The standard InChI is InChI=1S/C6H10O2/c7-6-4-1-5(6)3-8-2-4/h4-7H,1-3H2. The fraction of sp³-hybridized carbons (Fsp3) is 1.00. The van der Waals surface area contributed by atoms with Gasteiger partial charge < -0.3 is 9.84 Å². The summed E-state index contributed by atoms with van der Waals surface area (Å²) in [6.45, 7) is 1.58. The van der Waals surface area contributed by atoms with Crippen LogP contribution in [0, 0.1) is 11.8 Å². The molecule has 3 aliphatic rings. The van der Waals surface area contributed by atoms with Gasteiger partial charge in [0.2, 0.25) is 0 Å². The van der Waals surface area contributed by atoms with Crippen molar-refractivity contribution < 1.29 is 9.84 Å². The quantitative estimate of drug-likeness (QED) is 0.481. The van der Waals surface area contributed by atoms with Gasteiger partial charge >= 0.3 is 0 Å². The predicted molar refractivity (Wildman–Crippen MR) is 28.4 cm³/mol. The largest absolute Gasteiger partial charge is 0.392 e. The van der Waals surface area contributed by atoms with Gasteiger partial charge in [-0.15, -0.1) is 0 Å². The molecule has 1 N–H and O–H groups in total. The Balaban J connectivity index is 2.03. The van der Waals surface area contributed by atoms with Gasteiger partial charge in [-0.05, 0) is 6.42 Å². The lowest BCUT2D eigenvalue weighted by molar-refractivity contribution is -0.156. The summed E-state index contributed by atoms with van der Waals surface area (Å²) in [6, 6.07) is 0. The second-order valence-corrected chi connectivity index (χ2v) is 2.78. The van der Waals surface area contributed by atoms with Crippen LogP contribution in [0.1, 0.15) is 6.42 Å². The number of fused-ring (bicyclic) bond motifs is 2. The first-order valence-corrected chi connectivity index (χ1v) is 3.14. The van der Waals surface area contributed by atoms with Gasteiger partial charge in [-0.25, -0.2) is 0 Å². The molecule has 0 aromatic carbocycles. The van der Waals surface area contributed by atoms with Crippen molar-refractivity contribution in [2.75, 3.05) is 13.2 Å². The van der Waals surface area contributed by atoms with Crippen LogP contribution >= 0.6 is 0 Å². The molecule has 2 heterocycles. The fourth-order valence-electron chi connectivity index (χ4n) is 1.56. The zero-order valence-corrected chi connectivity index (χ0v) is 4.71. The maximum Gasteiger partial charge on any atom is 0.0640 e. The number of aliphatic hydroxyl groups excluding tert-OH is 1. The minimum absolute atomic E-state index is 0.0243. The summed E-state index contributed by atoms with van der Waals surface area (Å²) in [5, 5.41) is 9.15. The Labute approximate surface area is 48.5 Å². The van der Waals surface area contributed by atoms with Crippen LogP contribution in [0.3, 0.4) is 0 Å². The van der Waals surface area contributed by atoms with Crippen molar-refractivity contribution >= 4 is 0 Å². The van der Waals surface area contributed by atoms with Crippen LogP contribution in [0.15, 0.2) is 0 Å². The van der Waals surface area contributed by atoms with Crippen molar-refractivity contribution in [3.63, 3.8) is 0 Å². The molecule has 0 spiro atoms. The summed E-state index contributed by atoms with van der Waals surface area (Å²) in [5.41, 5.74) is 0. The van der Waals surface area contributed by atoms with Crippen LogP contribution in [0.4, 0.5) is 0 Å². The lowest BCUT2D eigenvalue weighted by Crippen LogP contribution is -2.51. The average molecular weight is 114 g/mol. The SMILES string of the molecule is OC1C2COCC1C2. The van der Waals surface area contributed by atoms with Gasteiger partial charge in [0.25, 0.3) is 0 Å². The molecular weight excluding hydrogens is 104 g/mol. The number of ether oxygens (including phenoxy) is 1. The number of hydrogen-bond acceptors (Lipinski definition) is 2. The van der Waals surface area contributed by atoms with Crippen LogP contribution in [0.2, 0.25) is 0 Å². The molecule has 46 valence electrons. The zero-order valence-electron chi connectivity index (χ0n) is 4.71. The third kappa shape index (κ3) is 0.446. The molecule has 2 nitrogen and oxygen atoms in total. The van der Waals surface area contributed by atoms with E-state index in [2.05, 4.69) is 0 Å². The van der Waals surface area contributed by atoms with Crippen molar-refractivity contribution in [2.24, 2.45) is 11.8 Å². The molecule has 2 bridgehead atoms. The molecule has 0 aromatic heterocycles. The molecule has 2 saturated heterocycles. The van der Waals surface area contributed by atoms with Gasteiger partial charge in [-0.3, -0.25) is 0 Å². The molecule has 3 fully saturated rings. The minimum atomic E-state index is -0.0243. The maximum absolute atomic E-state index is 9.15. The summed E-state index contributed by atoms with van der Waals surface area (Å²) in [5.74, 6) is 0.961. The van der Waals surface area contributed by atoms with E-state index in [1.165, 1.54) is 6.42 Å². The Kier molecular flexibility index (Phi) is 0.866. The van der Waals surface area contributed by atoms with E-state index in [1.807, 2.05) is 0 Å². The molecule has 0 radical (unpaired) electrons. The molecule has 2 aliphatic heterocycles. The zero-order chi connectivity index (χ0) is 5.56. The Bertz CT molecular complexity index is 88.7. The van der Waals surface area contributed by atoms with Crippen molar-refractivity contribution in [3.05, 3.63) is 0 Å². The first-order chi connectivity index (χ1) is 3.88. The summed E-state index contributed by atoms with van der Waals surface area (Å²) < 4.78 is 5.14. The van der Waals surface area contributed by atoms with Gasteiger partial charge in [0.1, 0.15) is 0 Å². The third-order valence-electron chi connectivity index (χ3n) is 2.24. The smallest absolute Gasteiger partial charge is 0.0640 e. The molecule has 0 amide bonds. The minimum Gasteiger partial charge on any atom is -0.392 e. The molecule has 2 unspecified atom stereocenters. The van der Waals surface area contributed by atoms with Gasteiger partial charge in [-0.2, -0.15) is 0 Å². The topological polar surface area (TPSA) is 29.5 Å². The van der Waals surface area contributed by atoms with Gasteiger partial charge in [-0.1, -0.05) is 0 Å². The fourth-order valence-corrected chi connectivity index (χ4v) is 1.56. The molecule has 8 heavy (non-hydrogen) atoms. The van der Waals surface area contributed by atoms with E-state index in [1.54, 1.807) is 0 Å². The summed E-state index contributed by atoms with van der Waals surface area (Å²) in [6.07, 6.45) is 1.17. The van der Waals surface area contributed by atoms with Crippen molar-refractivity contribution in [1.29, 1.82) is 0 Å². The van der Waals surface area contributed by atoms with E-state index in [0.29, 0.717) is 11.8 Å². The van der Waals surface area contributed by atoms with E-state index < -0.39 is 0 Å². The average Bonchev–Trinajstić information content (AvgIpc) is 1.89. The third-order valence-corrected chi connectivity index (χ3v) is 2.24. The number of hydrogen-bond donors (Lipinski definition) is 1. The summed E-state index contributed by atoms with van der Waals surface area (Å²) in [4.78, 5) is 0. The molecular formula is C6H10O2. The molecule has 1 saturated carbocycles. The lowest BCUT2D eigenvalue weighted by atomic mass is 9.71. The van der Waals surface area contributed by atoms with E-state index in [0.717, 1.165) is 13.2 Å². The van der Waals surface area contributed by atoms with Gasteiger partial charge in [0.15, 0.2) is 0 Å². The first-order valence-electron chi connectivity index (χ1n) is 3.14. The predicted octanol–water partition coefficient (Wildman–Crippen LogP) is 0.0136. The van der Waals surface area contributed by atoms with E-state index in [-0.39, 0.29) is 6.10 Å². The summed E-state index contributed by atoms with van der Waals surface area (Å²) in [7, 11) is 0. The Hall–Kier alpha value is -0.0800. The van der Waals surface area contributed by atoms with Crippen LogP contribution in [-0.2, 0) is 4.74 Å². The highest BCUT2D eigenvalue weighted by molar-refractivity contribution is 4.91. The molecule has 3 rings (SSSR count). The van der Waals surface area contributed by atoms with Crippen LogP contribution in [-0.4, -0.2) is 24.4 Å². The van der Waals surface area contributed by atoms with Crippen LogP contribution in [0.5, 0.6) is 0 Å². The van der Waals surface area contributed by atoms with Crippen LogP contribution < -0.4 is 0 Å². The van der Waals surface area contributed by atoms with Crippen molar-refractivity contribution in [1.82, 2.24) is 0 Å².